The van der Waals surface area contributed by atoms with Crippen LogP contribution in [0, 0.1) is 0 Å². The van der Waals surface area contributed by atoms with E-state index in [1.165, 1.54) is 0 Å². The van der Waals surface area contributed by atoms with Crippen molar-refractivity contribution in [2.45, 2.75) is 49.7 Å². The van der Waals surface area contributed by atoms with E-state index in [1.807, 2.05) is 0 Å². The Kier molecular flexibility index (Phi) is 4.82. The Morgan fingerprint density at radius 2 is 1.62 bits per heavy atom. The molecule has 0 aliphatic heterocycles. The van der Waals surface area contributed by atoms with Gasteiger partial charge < -0.3 is 8.85 Å². The molecule has 1 rings (SSSR count). The zero-order chi connectivity index (χ0) is 12.2. The van der Waals surface area contributed by atoms with Gasteiger partial charge in [-0.25, -0.2) is 0 Å². The van der Waals surface area contributed by atoms with Crippen LogP contribution in [0.15, 0.2) is 0 Å². The predicted octanol–water partition coefficient (Wildman–Crippen LogP) is 3.16. The molecule has 2 nitrogen and oxygen atoms in total. The molecule has 6 heteroatoms. The third-order valence-corrected chi connectivity index (χ3v) is 6.16. The molecule has 0 aromatic carbocycles. The van der Waals surface area contributed by atoms with Crippen molar-refractivity contribution in [3.05, 3.63) is 0 Å². The highest BCUT2D eigenvalue weighted by molar-refractivity contribution is 6.48. The molecule has 0 heterocycles. The summed E-state index contributed by atoms with van der Waals surface area (Å²) in [4.78, 5) is 0. The fraction of sp³-hybridized carbons (Fsp3) is 1.00. The van der Waals surface area contributed by atoms with Crippen molar-refractivity contribution >= 4 is 9.28 Å². The van der Waals surface area contributed by atoms with Crippen LogP contribution in [0.25, 0.3) is 0 Å². The van der Waals surface area contributed by atoms with Crippen molar-refractivity contribution in [2.75, 3.05) is 14.2 Å². The zero-order valence-electron chi connectivity index (χ0n) is 9.77. The van der Waals surface area contributed by atoms with Crippen molar-refractivity contribution in [3.63, 3.8) is 0 Å². The molecule has 0 spiro atoms. The minimum atomic E-state index is -4.07. The quantitative estimate of drug-likeness (QED) is 0.703. The maximum atomic E-state index is 12.3. The number of hydrogen-bond acceptors (Lipinski definition) is 2. The van der Waals surface area contributed by atoms with Gasteiger partial charge in [0.1, 0.15) is 0 Å². The molecule has 0 aromatic heterocycles. The molecule has 0 amide bonds. The second kappa shape index (κ2) is 5.51. The second-order valence-electron chi connectivity index (χ2n) is 4.49. The number of alkyl halides is 3. The average Bonchev–Trinajstić information content (AvgIpc) is 2.66. The highest BCUT2D eigenvalue weighted by Crippen LogP contribution is 2.52. The molecular weight excluding hydrogens is 237 g/mol. The molecule has 1 aliphatic carbocycles. The van der Waals surface area contributed by atoms with E-state index < -0.39 is 21.9 Å². The fourth-order valence-electron chi connectivity index (χ4n) is 2.67. The largest absolute Gasteiger partial charge is 0.400 e. The van der Waals surface area contributed by atoms with E-state index in [0.29, 0.717) is 0 Å². The van der Waals surface area contributed by atoms with Gasteiger partial charge in [0.15, 0.2) is 0 Å². The Labute approximate surface area is 96.0 Å². The first kappa shape index (κ1) is 14.0. The van der Waals surface area contributed by atoms with Gasteiger partial charge in [-0.15, -0.1) is 0 Å². The van der Waals surface area contributed by atoms with Gasteiger partial charge in [0.25, 0.3) is 0 Å². The topological polar surface area (TPSA) is 18.5 Å². The molecule has 0 aromatic rings. The fourth-order valence-corrected chi connectivity index (χ4v) is 5.12. The average molecular weight is 256 g/mol. The Bertz CT molecular complexity index is 211. The lowest BCUT2D eigenvalue weighted by atomic mass is 10.00. The van der Waals surface area contributed by atoms with E-state index in [9.17, 15) is 13.2 Å². The number of rotatable bonds is 5. The maximum Gasteiger partial charge on any atom is 0.389 e. The van der Waals surface area contributed by atoms with Crippen molar-refractivity contribution in [1.82, 2.24) is 0 Å². The lowest BCUT2D eigenvalue weighted by Gasteiger charge is -2.33. The van der Waals surface area contributed by atoms with E-state index in [0.717, 1.165) is 25.7 Å². The SMILES string of the molecule is CO[SiH](OC)C1(CCC(F)(F)F)CCCC1. The van der Waals surface area contributed by atoms with E-state index >= 15 is 0 Å². The van der Waals surface area contributed by atoms with E-state index in [1.54, 1.807) is 14.2 Å². The molecular formula is C10H19F3O2Si. The molecule has 0 bridgehead atoms. The molecule has 0 radical (unpaired) electrons. The summed E-state index contributed by atoms with van der Waals surface area (Å²) in [6.45, 7) is 0. The first-order chi connectivity index (χ1) is 7.43. The van der Waals surface area contributed by atoms with Gasteiger partial charge in [0.2, 0.25) is 0 Å². The third-order valence-electron chi connectivity index (χ3n) is 3.43. The molecule has 96 valence electrons. The Balaban J connectivity index is 2.65. The third kappa shape index (κ3) is 3.46. The van der Waals surface area contributed by atoms with E-state index in [-0.39, 0.29) is 11.5 Å². The molecule has 0 saturated heterocycles. The summed E-state index contributed by atoms with van der Waals surface area (Å²) in [5.74, 6) is 0. The summed E-state index contributed by atoms with van der Waals surface area (Å²) in [6.07, 6.45) is -1.00. The first-order valence-corrected chi connectivity index (χ1v) is 7.08. The summed E-state index contributed by atoms with van der Waals surface area (Å²) in [6, 6.07) is 0. The van der Waals surface area contributed by atoms with Gasteiger partial charge in [0.05, 0.1) is 0 Å². The van der Waals surface area contributed by atoms with E-state index in [2.05, 4.69) is 0 Å². The molecule has 0 unspecified atom stereocenters. The number of hydrogen-bond donors (Lipinski definition) is 0. The van der Waals surface area contributed by atoms with Crippen LogP contribution in [-0.4, -0.2) is 29.7 Å². The van der Waals surface area contributed by atoms with Gasteiger partial charge in [-0.1, -0.05) is 12.8 Å². The smallest absolute Gasteiger partial charge is 0.389 e. The Morgan fingerprint density at radius 1 is 1.12 bits per heavy atom. The van der Waals surface area contributed by atoms with Crippen LogP contribution in [0.1, 0.15) is 38.5 Å². The van der Waals surface area contributed by atoms with Crippen LogP contribution < -0.4 is 0 Å². The summed E-state index contributed by atoms with van der Waals surface area (Å²) in [7, 11) is 1.13. The lowest BCUT2D eigenvalue weighted by molar-refractivity contribution is -0.137. The molecule has 0 N–H and O–H groups in total. The van der Waals surface area contributed by atoms with Crippen molar-refractivity contribution in [3.8, 4) is 0 Å². The van der Waals surface area contributed by atoms with Gasteiger partial charge in [-0.3, -0.25) is 0 Å². The molecule has 0 atom stereocenters. The Hall–Kier alpha value is -0.0731. The normalized spacial score (nSPS) is 20.6. The van der Waals surface area contributed by atoms with Crippen LogP contribution >= 0.6 is 0 Å². The zero-order valence-corrected chi connectivity index (χ0v) is 10.9. The molecule has 1 saturated carbocycles. The minimum absolute atomic E-state index is 0.162. The van der Waals surface area contributed by atoms with Crippen LogP contribution in [0.5, 0.6) is 0 Å². The van der Waals surface area contributed by atoms with Gasteiger partial charge in [-0.05, 0) is 19.3 Å². The van der Waals surface area contributed by atoms with Crippen LogP contribution in [0.2, 0.25) is 5.04 Å². The van der Waals surface area contributed by atoms with Gasteiger partial charge >= 0.3 is 15.5 Å². The molecule has 1 aliphatic rings. The van der Waals surface area contributed by atoms with Crippen molar-refractivity contribution in [2.24, 2.45) is 0 Å². The monoisotopic (exact) mass is 256 g/mol. The van der Waals surface area contributed by atoms with Crippen LogP contribution in [0.3, 0.4) is 0 Å². The van der Waals surface area contributed by atoms with Gasteiger partial charge in [-0.2, -0.15) is 13.2 Å². The maximum absolute atomic E-state index is 12.3. The lowest BCUT2D eigenvalue weighted by Crippen LogP contribution is -2.36. The molecule has 16 heavy (non-hydrogen) atoms. The standard InChI is InChI=1S/C10H19F3O2Si/c1-14-16(15-2)9(5-3-4-6-9)7-8-10(11,12)13/h16H,3-8H2,1-2H3. The summed E-state index contributed by atoms with van der Waals surface area (Å²) in [5.41, 5.74) is 0. The van der Waals surface area contributed by atoms with E-state index in [4.69, 9.17) is 8.85 Å². The summed E-state index contributed by atoms with van der Waals surface area (Å²) < 4.78 is 47.5. The van der Waals surface area contributed by atoms with Crippen LogP contribution in [0.4, 0.5) is 13.2 Å². The highest BCUT2D eigenvalue weighted by Gasteiger charge is 2.46. The molecule has 1 fully saturated rings. The Morgan fingerprint density at radius 3 is 2.00 bits per heavy atom. The van der Waals surface area contributed by atoms with Crippen LogP contribution in [-0.2, 0) is 8.85 Å². The van der Waals surface area contributed by atoms with Crippen molar-refractivity contribution < 1.29 is 22.0 Å². The summed E-state index contributed by atoms with van der Waals surface area (Å²) in [5, 5.41) is -0.307. The predicted molar refractivity (Wildman–Crippen MR) is 57.6 cm³/mol. The second-order valence-corrected chi connectivity index (χ2v) is 7.32. The van der Waals surface area contributed by atoms with Gasteiger partial charge in [0, 0.05) is 25.7 Å². The van der Waals surface area contributed by atoms with Crippen molar-refractivity contribution in [1.29, 1.82) is 0 Å². The minimum Gasteiger partial charge on any atom is -0.400 e. The highest BCUT2D eigenvalue weighted by atomic mass is 28.3. The first-order valence-electron chi connectivity index (χ1n) is 5.56. The number of halogens is 3. The summed E-state index contributed by atoms with van der Waals surface area (Å²) >= 11 is 0.